The minimum Gasteiger partial charge on any atom is -0.396 e. The van der Waals surface area contributed by atoms with Gasteiger partial charge in [0.1, 0.15) is 5.84 Å². The van der Waals surface area contributed by atoms with Crippen molar-refractivity contribution in [3.05, 3.63) is 28.0 Å². The molecule has 0 radical (unpaired) electrons. The van der Waals surface area contributed by atoms with E-state index in [-0.39, 0.29) is 22.8 Å². The molecule has 1 aromatic carbocycles. The predicted octanol–water partition coefficient (Wildman–Crippen LogP) is 2.08. The largest absolute Gasteiger partial charge is 0.396 e. The molecule has 1 saturated heterocycles. The van der Waals surface area contributed by atoms with E-state index in [0.717, 1.165) is 19.4 Å². The van der Waals surface area contributed by atoms with Crippen molar-refractivity contribution in [2.75, 3.05) is 24.6 Å². The van der Waals surface area contributed by atoms with Gasteiger partial charge >= 0.3 is 0 Å². The molecular formula is C13H17BrFN3O. The third-order valence-electron chi connectivity index (χ3n) is 3.47. The first-order valence-corrected chi connectivity index (χ1v) is 7.02. The molecule has 0 saturated carbocycles. The van der Waals surface area contributed by atoms with Crippen LogP contribution in [-0.4, -0.2) is 30.6 Å². The van der Waals surface area contributed by atoms with Crippen molar-refractivity contribution >= 4 is 27.5 Å². The van der Waals surface area contributed by atoms with E-state index in [1.54, 1.807) is 12.1 Å². The molecule has 0 bridgehead atoms. The molecule has 1 heterocycles. The fourth-order valence-electron chi connectivity index (χ4n) is 2.42. The summed E-state index contributed by atoms with van der Waals surface area (Å²) >= 11 is 3.16. The van der Waals surface area contributed by atoms with Gasteiger partial charge < -0.3 is 15.7 Å². The quantitative estimate of drug-likeness (QED) is 0.587. The Bertz CT molecular complexity index is 495. The van der Waals surface area contributed by atoms with E-state index < -0.39 is 5.82 Å². The summed E-state index contributed by atoms with van der Waals surface area (Å²) in [6, 6.07) is 3.30. The number of aliphatic hydroxyl groups is 1. The second-order valence-corrected chi connectivity index (χ2v) is 5.60. The Kier molecular flexibility index (Phi) is 4.42. The van der Waals surface area contributed by atoms with Crippen molar-refractivity contribution in [3.63, 3.8) is 0 Å². The number of nitrogens with one attached hydrogen (secondary N) is 1. The number of nitrogens with zero attached hydrogens (tertiary/aromatic N) is 1. The van der Waals surface area contributed by atoms with E-state index in [9.17, 15) is 9.50 Å². The van der Waals surface area contributed by atoms with Crippen LogP contribution < -0.4 is 10.6 Å². The van der Waals surface area contributed by atoms with Crippen molar-refractivity contribution in [1.29, 1.82) is 5.41 Å². The Hall–Kier alpha value is -1.14. The second-order valence-electron chi connectivity index (χ2n) is 4.81. The van der Waals surface area contributed by atoms with E-state index in [1.807, 2.05) is 4.90 Å². The highest BCUT2D eigenvalue weighted by Gasteiger charge is 2.23. The van der Waals surface area contributed by atoms with E-state index in [4.69, 9.17) is 11.1 Å². The van der Waals surface area contributed by atoms with Crippen LogP contribution in [-0.2, 0) is 0 Å². The normalized spacial score (nSPS) is 19.5. The molecule has 4 N–H and O–H groups in total. The summed E-state index contributed by atoms with van der Waals surface area (Å²) in [5, 5.41) is 16.6. The topological polar surface area (TPSA) is 73.3 Å². The van der Waals surface area contributed by atoms with E-state index in [1.165, 1.54) is 0 Å². The van der Waals surface area contributed by atoms with Crippen LogP contribution in [0.4, 0.5) is 10.1 Å². The lowest BCUT2D eigenvalue weighted by molar-refractivity contribution is 0.208. The maximum atomic E-state index is 14.3. The number of benzene rings is 1. The third-order valence-corrected chi connectivity index (χ3v) is 4.25. The van der Waals surface area contributed by atoms with Crippen molar-refractivity contribution in [3.8, 4) is 0 Å². The number of halogens is 2. The maximum absolute atomic E-state index is 14.3. The summed E-state index contributed by atoms with van der Waals surface area (Å²) in [5.74, 6) is -0.366. The Balaban J connectivity index is 2.30. The molecule has 19 heavy (non-hydrogen) atoms. The Labute approximate surface area is 120 Å². The second kappa shape index (κ2) is 5.88. The van der Waals surface area contributed by atoms with Crippen molar-refractivity contribution in [2.45, 2.75) is 12.8 Å². The molecule has 0 aromatic heterocycles. The smallest absolute Gasteiger partial charge is 0.161 e. The summed E-state index contributed by atoms with van der Waals surface area (Å²) in [6.45, 7) is 1.56. The van der Waals surface area contributed by atoms with Gasteiger partial charge in [-0.15, -0.1) is 0 Å². The van der Waals surface area contributed by atoms with Crippen molar-refractivity contribution in [1.82, 2.24) is 0 Å². The van der Waals surface area contributed by atoms with Crippen LogP contribution in [0.3, 0.4) is 0 Å². The van der Waals surface area contributed by atoms with E-state index >= 15 is 0 Å². The van der Waals surface area contributed by atoms with Gasteiger partial charge in [0, 0.05) is 25.3 Å². The number of hydrogen-bond acceptors (Lipinski definition) is 3. The number of amidine groups is 1. The number of nitrogens with two attached hydrogens (primary N) is 1. The summed E-state index contributed by atoms with van der Waals surface area (Å²) in [6.07, 6.45) is 1.91. The zero-order valence-corrected chi connectivity index (χ0v) is 12.1. The summed E-state index contributed by atoms with van der Waals surface area (Å²) in [7, 11) is 0. The number of nitrogen functional groups attached to an aromatic ring is 1. The molecular weight excluding hydrogens is 313 g/mol. The van der Waals surface area contributed by atoms with Gasteiger partial charge in [0.2, 0.25) is 0 Å². The fourth-order valence-corrected chi connectivity index (χ4v) is 2.97. The molecule has 1 fully saturated rings. The average molecular weight is 330 g/mol. The zero-order chi connectivity index (χ0) is 14.0. The SMILES string of the molecule is N=C(N)c1ccc(N2CCCC(CO)C2)c(F)c1Br. The lowest BCUT2D eigenvalue weighted by Gasteiger charge is -2.34. The molecule has 1 aliphatic heterocycles. The van der Waals surface area contributed by atoms with Crippen LogP contribution in [0.25, 0.3) is 0 Å². The number of anilines is 1. The number of piperidine rings is 1. The van der Waals surface area contributed by atoms with Crippen LogP contribution >= 0.6 is 15.9 Å². The summed E-state index contributed by atoms with van der Waals surface area (Å²) < 4.78 is 14.6. The van der Waals surface area contributed by atoms with Crippen LogP contribution in [0.2, 0.25) is 0 Å². The van der Waals surface area contributed by atoms with Gasteiger partial charge in [0.05, 0.1) is 10.2 Å². The zero-order valence-electron chi connectivity index (χ0n) is 10.5. The molecule has 4 nitrogen and oxygen atoms in total. The van der Waals surface area contributed by atoms with Gasteiger partial charge in [0.25, 0.3) is 0 Å². The van der Waals surface area contributed by atoms with Gasteiger partial charge in [-0.3, -0.25) is 5.41 Å². The molecule has 1 aromatic rings. The van der Waals surface area contributed by atoms with Crippen LogP contribution in [0.15, 0.2) is 16.6 Å². The Morgan fingerprint density at radius 2 is 2.32 bits per heavy atom. The highest BCUT2D eigenvalue weighted by atomic mass is 79.9. The lowest BCUT2D eigenvalue weighted by Crippen LogP contribution is -2.37. The number of rotatable bonds is 3. The Morgan fingerprint density at radius 1 is 1.58 bits per heavy atom. The Morgan fingerprint density at radius 3 is 2.95 bits per heavy atom. The highest BCUT2D eigenvalue weighted by Crippen LogP contribution is 2.31. The third kappa shape index (κ3) is 2.90. The minimum atomic E-state index is -0.397. The van der Waals surface area contributed by atoms with E-state index in [2.05, 4.69) is 15.9 Å². The lowest BCUT2D eigenvalue weighted by atomic mass is 9.98. The van der Waals surface area contributed by atoms with Crippen LogP contribution in [0.5, 0.6) is 0 Å². The first kappa shape index (κ1) is 14.3. The molecule has 6 heteroatoms. The molecule has 104 valence electrons. The van der Waals surface area contributed by atoms with Gasteiger partial charge in [-0.1, -0.05) is 0 Å². The molecule has 0 spiro atoms. The monoisotopic (exact) mass is 329 g/mol. The molecule has 0 amide bonds. The highest BCUT2D eigenvalue weighted by molar-refractivity contribution is 9.10. The van der Waals surface area contributed by atoms with Gasteiger partial charge in [0.15, 0.2) is 5.82 Å². The molecule has 0 aliphatic carbocycles. The standard InChI is InChI=1S/C13H17BrFN3O/c14-11-9(13(16)17)3-4-10(12(11)15)18-5-1-2-8(6-18)7-19/h3-4,8,19H,1-2,5-7H2,(H3,16,17). The summed E-state index contributed by atoms with van der Waals surface area (Å²) in [4.78, 5) is 1.94. The van der Waals surface area contributed by atoms with Gasteiger partial charge in [-0.2, -0.15) is 0 Å². The number of hydrogen-bond donors (Lipinski definition) is 3. The fraction of sp³-hybridized carbons (Fsp3) is 0.462. The maximum Gasteiger partial charge on any atom is 0.161 e. The minimum absolute atomic E-state index is 0.130. The number of aliphatic hydroxyl groups excluding tert-OH is 1. The average Bonchev–Trinajstić information content (AvgIpc) is 2.41. The first-order chi connectivity index (χ1) is 9.04. The molecule has 1 unspecified atom stereocenters. The molecule has 2 rings (SSSR count). The van der Waals surface area contributed by atoms with Crippen molar-refractivity contribution in [2.24, 2.45) is 11.7 Å². The van der Waals surface area contributed by atoms with Crippen molar-refractivity contribution < 1.29 is 9.50 Å². The van der Waals surface area contributed by atoms with Crippen LogP contribution in [0.1, 0.15) is 18.4 Å². The first-order valence-electron chi connectivity index (χ1n) is 6.22. The summed E-state index contributed by atoms with van der Waals surface area (Å²) in [5.41, 5.74) is 6.25. The molecule has 1 atom stereocenters. The van der Waals surface area contributed by atoms with Gasteiger partial charge in [-0.05, 0) is 46.8 Å². The van der Waals surface area contributed by atoms with Crippen LogP contribution in [0, 0.1) is 17.1 Å². The van der Waals surface area contributed by atoms with E-state index in [0.29, 0.717) is 17.8 Å². The van der Waals surface area contributed by atoms with Gasteiger partial charge in [-0.25, -0.2) is 4.39 Å². The predicted molar refractivity (Wildman–Crippen MR) is 77.1 cm³/mol. The molecule has 1 aliphatic rings.